The Morgan fingerprint density at radius 3 is 2.59 bits per heavy atom. The molecule has 2 heterocycles. The van der Waals surface area contributed by atoms with E-state index in [0.29, 0.717) is 13.0 Å². The van der Waals surface area contributed by atoms with Crippen molar-refractivity contribution in [3.63, 3.8) is 0 Å². The summed E-state index contributed by atoms with van der Waals surface area (Å²) in [6.07, 6.45) is 3.22. The zero-order valence-electron chi connectivity index (χ0n) is 17.5. The molecule has 0 radical (unpaired) electrons. The van der Waals surface area contributed by atoms with Gasteiger partial charge in [-0.25, -0.2) is 0 Å². The van der Waals surface area contributed by atoms with Gasteiger partial charge in [-0.15, -0.1) is 0 Å². The van der Waals surface area contributed by atoms with Gasteiger partial charge in [0.05, 0.1) is 12.2 Å². The lowest BCUT2D eigenvalue weighted by Gasteiger charge is -2.20. The molecule has 1 N–H and O–H groups in total. The molecule has 0 aliphatic rings. The van der Waals surface area contributed by atoms with Crippen LogP contribution in [0.3, 0.4) is 0 Å². The molecule has 0 saturated heterocycles. The second-order valence-corrected chi connectivity index (χ2v) is 7.33. The molecule has 1 amide bonds. The fourth-order valence-corrected chi connectivity index (χ4v) is 3.51. The molecule has 29 heavy (non-hydrogen) atoms. The second-order valence-electron chi connectivity index (χ2n) is 7.33. The van der Waals surface area contributed by atoms with Gasteiger partial charge in [-0.3, -0.25) is 14.6 Å². The number of carbonyl (C=O) groups excluding carboxylic acids is 1. The minimum absolute atomic E-state index is 0.217. The standard InChI is InChI=1S/C24H27N3O2/c1-5-9-21-23(24(29)26-20-12-8-10-16(2)18(20)4)22(28)14-17(3)27(21)15-19-11-6-7-13-25-19/h6-8,10-14H,5,9,15H2,1-4H3,(H,26,29). The van der Waals surface area contributed by atoms with Gasteiger partial charge < -0.3 is 9.88 Å². The summed E-state index contributed by atoms with van der Waals surface area (Å²) in [5.41, 5.74) is 5.26. The molecule has 0 fully saturated rings. The van der Waals surface area contributed by atoms with Crippen LogP contribution in [0.1, 0.15) is 51.9 Å². The Kier molecular flexibility index (Phi) is 6.27. The molecule has 1 aromatic carbocycles. The van der Waals surface area contributed by atoms with Crippen molar-refractivity contribution in [3.8, 4) is 0 Å². The van der Waals surface area contributed by atoms with E-state index in [1.54, 1.807) is 12.3 Å². The minimum Gasteiger partial charge on any atom is -0.342 e. The third kappa shape index (κ3) is 4.45. The van der Waals surface area contributed by atoms with Crippen LogP contribution in [0.25, 0.3) is 0 Å². The summed E-state index contributed by atoms with van der Waals surface area (Å²) >= 11 is 0. The van der Waals surface area contributed by atoms with Crippen LogP contribution in [0.2, 0.25) is 0 Å². The maximum Gasteiger partial charge on any atom is 0.261 e. The van der Waals surface area contributed by atoms with Crippen molar-refractivity contribution in [1.29, 1.82) is 0 Å². The molecule has 0 spiro atoms. The number of benzene rings is 1. The second kappa shape index (κ2) is 8.86. The summed E-state index contributed by atoms with van der Waals surface area (Å²) in [5, 5.41) is 2.95. The summed E-state index contributed by atoms with van der Waals surface area (Å²) in [6.45, 7) is 8.43. The molecule has 0 aliphatic heterocycles. The van der Waals surface area contributed by atoms with Crippen LogP contribution in [-0.2, 0) is 13.0 Å². The van der Waals surface area contributed by atoms with Crippen molar-refractivity contribution in [1.82, 2.24) is 9.55 Å². The van der Waals surface area contributed by atoms with Crippen molar-refractivity contribution in [2.75, 3.05) is 5.32 Å². The van der Waals surface area contributed by atoms with Crippen LogP contribution in [0, 0.1) is 20.8 Å². The molecular formula is C24H27N3O2. The maximum atomic E-state index is 13.2. The van der Waals surface area contributed by atoms with Gasteiger partial charge in [-0.05, 0) is 56.5 Å². The monoisotopic (exact) mass is 389 g/mol. The number of hydrogen-bond acceptors (Lipinski definition) is 3. The molecule has 0 aliphatic carbocycles. The number of pyridine rings is 2. The summed E-state index contributed by atoms with van der Waals surface area (Å²) in [4.78, 5) is 30.4. The Morgan fingerprint density at radius 2 is 1.90 bits per heavy atom. The number of carbonyl (C=O) groups is 1. The van der Waals surface area contributed by atoms with E-state index in [1.165, 1.54) is 0 Å². The van der Waals surface area contributed by atoms with Gasteiger partial charge in [-0.1, -0.05) is 31.5 Å². The molecule has 5 heteroatoms. The normalized spacial score (nSPS) is 10.8. The number of nitrogens with zero attached hydrogens (tertiary/aromatic N) is 2. The van der Waals surface area contributed by atoms with Crippen LogP contribution in [0.4, 0.5) is 5.69 Å². The zero-order valence-corrected chi connectivity index (χ0v) is 17.5. The lowest BCUT2D eigenvalue weighted by Crippen LogP contribution is -2.29. The van der Waals surface area contributed by atoms with Gasteiger partial charge in [0, 0.05) is 29.3 Å². The molecule has 0 bridgehead atoms. The van der Waals surface area contributed by atoms with E-state index >= 15 is 0 Å². The first-order valence-corrected chi connectivity index (χ1v) is 9.93. The topological polar surface area (TPSA) is 64.0 Å². The van der Waals surface area contributed by atoms with E-state index in [2.05, 4.69) is 10.3 Å². The van der Waals surface area contributed by atoms with Gasteiger partial charge in [0.15, 0.2) is 5.43 Å². The molecule has 2 aromatic heterocycles. The minimum atomic E-state index is -0.359. The molecule has 0 saturated carbocycles. The van der Waals surface area contributed by atoms with Crippen molar-refractivity contribution in [3.05, 3.63) is 92.7 Å². The zero-order chi connectivity index (χ0) is 21.0. The predicted octanol–water partition coefficient (Wildman–Crippen LogP) is 4.42. The van der Waals surface area contributed by atoms with E-state index in [4.69, 9.17) is 0 Å². The number of aromatic nitrogens is 2. The van der Waals surface area contributed by atoms with Gasteiger partial charge in [-0.2, -0.15) is 0 Å². The number of hydrogen-bond donors (Lipinski definition) is 1. The fraction of sp³-hybridized carbons (Fsp3) is 0.292. The average molecular weight is 389 g/mol. The van der Waals surface area contributed by atoms with E-state index < -0.39 is 0 Å². The average Bonchev–Trinajstić information content (AvgIpc) is 2.69. The van der Waals surface area contributed by atoms with E-state index in [0.717, 1.165) is 40.3 Å². The Morgan fingerprint density at radius 1 is 1.10 bits per heavy atom. The maximum absolute atomic E-state index is 13.2. The first kappa shape index (κ1) is 20.5. The Hall–Kier alpha value is -3.21. The number of rotatable bonds is 6. The van der Waals surface area contributed by atoms with E-state index in [1.807, 2.05) is 68.7 Å². The third-order valence-corrected chi connectivity index (χ3v) is 5.24. The summed E-state index contributed by atoms with van der Waals surface area (Å²) in [7, 11) is 0. The summed E-state index contributed by atoms with van der Waals surface area (Å²) in [5.74, 6) is -0.359. The molecule has 5 nitrogen and oxygen atoms in total. The third-order valence-electron chi connectivity index (χ3n) is 5.24. The fourth-order valence-electron chi connectivity index (χ4n) is 3.51. The van der Waals surface area contributed by atoms with Crippen LogP contribution in [-0.4, -0.2) is 15.5 Å². The van der Waals surface area contributed by atoms with Crippen molar-refractivity contribution in [2.45, 2.75) is 47.1 Å². The molecule has 0 unspecified atom stereocenters. The molecule has 0 atom stereocenters. The lowest BCUT2D eigenvalue weighted by molar-refractivity contribution is 0.102. The van der Waals surface area contributed by atoms with Gasteiger partial charge in [0.1, 0.15) is 5.56 Å². The largest absolute Gasteiger partial charge is 0.342 e. The Labute approximate surface area is 171 Å². The van der Waals surface area contributed by atoms with Crippen LogP contribution < -0.4 is 10.7 Å². The van der Waals surface area contributed by atoms with Gasteiger partial charge in [0.2, 0.25) is 0 Å². The first-order valence-electron chi connectivity index (χ1n) is 9.93. The summed E-state index contributed by atoms with van der Waals surface area (Å²) < 4.78 is 2.03. The molecule has 3 rings (SSSR count). The van der Waals surface area contributed by atoms with Crippen molar-refractivity contribution >= 4 is 11.6 Å². The van der Waals surface area contributed by atoms with Gasteiger partial charge >= 0.3 is 0 Å². The lowest BCUT2D eigenvalue weighted by atomic mass is 10.0. The van der Waals surface area contributed by atoms with Gasteiger partial charge in [0.25, 0.3) is 5.91 Å². The van der Waals surface area contributed by atoms with Crippen LogP contribution in [0.5, 0.6) is 0 Å². The van der Waals surface area contributed by atoms with Crippen LogP contribution in [0.15, 0.2) is 53.5 Å². The SMILES string of the molecule is CCCc1c(C(=O)Nc2cccc(C)c2C)c(=O)cc(C)n1Cc1ccccn1. The molecule has 150 valence electrons. The Bertz CT molecular complexity index is 1090. The molecule has 3 aromatic rings. The highest BCUT2D eigenvalue weighted by Gasteiger charge is 2.21. The number of aryl methyl sites for hydroxylation is 2. The number of amides is 1. The van der Waals surface area contributed by atoms with E-state index in [-0.39, 0.29) is 16.9 Å². The smallest absolute Gasteiger partial charge is 0.261 e. The first-order chi connectivity index (χ1) is 13.9. The summed E-state index contributed by atoms with van der Waals surface area (Å²) in [6, 6.07) is 13.1. The van der Waals surface area contributed by atoms with Crippen molar-refractivity contribution in [2.24, 2.45) is 0 Å². The quantitative estimate of drug-likeness (QED) is 0.679. The predicted molar refractivity (Wildman–Crippen MR) is 117 cm³/mol. The van der Waals surface area contributed by atoms with Crippen LogP contribution >= 0.6 is 0 Å². The Balaban J connectivity index is 2.07. The van der Waals surface area contributed by atoms with E-state index in [9.17, 15) is 9.59 Å². The highest BCUT2D eigenvalue weighted by atomic mass is 16.2. The molecular weight excluding hydrogens is 362 g/mol. The highest BCUT2D eigenvalue weighted by Crippen LogP contribution is 2.20. The highest BCUT2D eigenvalue weighted by molar-refractivity contribution is 6.05. The number of anilines is 1. The van der Waals surface area contributed by atoms with Crippen molar-refractivity contribution < 1.29 is 4.79 Å². The number of nitrogens with one attached hydrogen (secondary N) is 1.